The number of sulfone groups is 1. The molecule has 2 heterocycles. The van der Waals surface area contributed by atoms with Gasteiger partial charge in [0.1, 0.15) is 5.82 Å². The third-order valence-electron chi connectivity index (χ3n) is 5.14. The predicted octanol–water partition coefficient (Wildman–Crippen LogP) is 2.96. The van der Waals surface area contributed by atoms with Gasteiger partial charge in [-0.1, -0.05) is 12.1 Å². The van der Waals surface area contributed by atoms with Crippen molar-refractivity contribution < 1.29 is 13.2 Å². The van der Waals surface area contributed by atoms with Gasteiger partial charge < -0.3 is 10.2 Å². The summed E-state index contributed by atoms with van der Waals surface area (Å²) in [5.41, 5.74) is 3.43. The zero-order valence-electron chi connectivity index (χ0n) is 15.9. The summed E-state index contributed by atoms with van der Waals surface area (Å²) in [5.74, 6) is 0.776. The molecule has 1 aliphatic rings. The Morgan fingerprint density at radius 3 is 2.74 bits per heavy atom. The van der Waals surface area contributed by atoms with Crippen LogP contribution in [0, 0.1) is 13.8 Å². The lowest BCUT2D eigenvalue weighted by molar-refractivity contribution is 0.102. The monoisotopic (exact) mass is 387 g/mol. The molecule has 0 bridgehead atoms. The first-order chi connectivity index (χ1) is 12.8. The van der Waals surface area contributed by atoms with Crippen molar-refractivity contribution >= 4 is 27.2 Å². The molecule has 1 saturated heterocycles. The zero-order valence-corrected chi connectivity index (χ0v) is 16.7. The van der Waals surface area contributed by atoms with Crippen molar-refractivity contribution in [3.63, 3.8) is 0 Å². The van der Waals surface area contributed by atoms with E-state index in [-0.39, 0.29) is 23.5 Å². The number of carbonyl (C=O) groups excluding carboxylic acids is 1. The number of pyridine rings is 1. The highest BCUT2D eigenvalue weighted by molar-refractivity contribution is 7.91. The number of hydrogen-bond donors (Lipinski definition) is 1. The van der Waals surface area contributed by atoms with Crippen LogP contribution in [0.2, 0.25) is 0 Å². The average Bonchev–Trinajstić information content (AvgIpc) is 2.99. The molecule has 27 heavy (non-hydrogen) atoms. The summed E-state index contributed by atoms with van der Waals surface area (Å²) < 4.78 is 23.6. The molecule has 6 nitrogen and oxygen atoms in total. The second kappa shape index (κ2) is 7.68. The minimum absolute atomic E-state index is 0.0928. The van der Waals surface area contributed by atoms with Gasteiger partial charge in [0.05, 0.1) is 11.5 Å². The molecule has 0 spiro atoms. The second-order valence-corrected chi connectivity index (χ2v) is 9.18. The Kier molecular flexibility index (Phi) is 5.51. The first-order valence-corrected chi connectivity index (χ1v) is 10.9. The highest BCUT2D eigenvalue weighted by atomic mass is 32.2. The molecule has 2 aromatic rings. The normalized spacial score (nSPS) is 18.3. The van der Waals surface area contributed by atoms with Crippen LogP contribution >= 0.6 is 0 Å². The maximum absolute atomic E-state index is 12.7. The van der Waals surface area contributed by atoms with E-state index < -0.39 is 9.84 Å². The highest BCUT2D eigenvalue weighted by Gasteiger charge is 2.32. The van der Waals surface area contributed by atoms with E-state index in [1.54, 1.807) is 18.3 Å². The van der Waals surface area contributed by atoms with Crippen molar-refractivity contribution in [3.05, 3.63) is 53.2 Å². The number of benzene rings is 1. The summed E-state index contributed by atoms with van der Waals surface area (Å²) >= 11 is 0. The van der Waals surface area contributed by atoms with Crippen molar-refractivity contribution in [1.82, 2.24) is 4.98 Å². The van der Waals surface area contributed by atoms with Crippen molar-refractivity contribution in [2.24, 2.45) is 0 Å². The Morgan fingerprint density at radius 2 is 2.07 bits per heavy atom. The van der Waals surface area contributed by atoms with Crippen LogP contribution in [0.1, 0.15) is 34.8 Å². The molecule has 1 aromatic carbocycles. The summed E-state index contributed by atoms with van der Waals surface area (Å²) in [6.07, 6.45) is 2.19. The van der Waals surface area contributed by atoms with E-state index in [2.05, 4.69) is 10.3 Å². The quantitative estimate of drug-likeness (QED) is 0.853. The Labute approximate surface area is 160 Å². The Bertz CT molecular complexity index is 957. The molecule has 1 N–H and O–H groups in total. The van der Waals surface area contributed by atoms with Gasteiger partial charge >= 0.3 is 0 Å². The standard InChI is InChI=1S/C20H25N3O3S/c1-4-23(17-9-11-27(25,26)13-17)19-12-16(8-10-21-19)20(24)22-18-7-5-6-14(2)15(18)3/h5-8,10,12,17H,4,9,11,13H2,1-3H3,(H,22,24). The van der Waals surface area contributed by atoms with Gasteiger partial charge in [0.15, 0.2) is 9.84 Å². The van der Waals surface area contributed by atoms with Crippen LogP contribution in [-0.4, -0.2) is 43.4 Å². The van der Waals surface area contributed by atoms with Crippen LogP contribution in [-0.2, 0) is 9.84 Å². The highest BCUT2D eigenvalue weighted by Crippen LogP contribution is 2.24. The van der Waals surface area contributed by atoms with Crippen molar-refractivity contribution in [3.8, 4) is 0 Å². The van der Waals surface area contributed by atoms with Crippen LogP contribution in [0.4, 0.5) is 11.5 Å². The molecule has 0 radical (unpaired) electrons. The minimum atomic E-state index is -2.98. The van der Waals surface area contributed by atoms with E-state index in [1.807, 2.05) is 43.9 Å². The Balaban J connectivity index is 1.82. The Morgan fingerprint density at radius 1 is 1.30 bits per heavy atom. The average molecular weight is 388 g/mol. The van der Waals surface area contributed by atoms with Crippen molar-refractivity contribution in [2.75, 3.05) is 28.3 Å². The van der Waals surface area contributed by atoms with Crippen LogP contribution < -0.4 is 10.2 Å². The maximum atomic E-state index is 12.7. The van der Waals surface area contributed by atoms with Gasteiger partial charge in [-0.25, -0.2) is 13.4 Å². The molecule has 144 valence electrons. The van der Waals surface area contributed by atoms with E-state index in [0.717, 1.165) is 16.8 Å². The molecule has 7 heteroatoms. The largest absolute Gasteiger partial charge is 0.353 e. The number of nitrogens with one attached hydrogen (secondary N) is 1. The number of hydrogen-bond acceptors (Lipinski definition) is 5. The van der Waals surface area contributed by atoms with Gasteiger partial charge in [0.25, 0.3) is 5.91 Å². The number of nitrogens with zero attached hydrogens (tertiary/aromatic N) is 2. The number of rotatable bonds is 5. The van der Waals surface area contributed by atoms with Gasteiger partial charge in [-0.15, -0.1) is 0 Å². The van der Waals surface area contributed by atoms with E-state index in [4.69, 9.17) is 0 Å². The van der Waals surface area contributed by atoms with Gasteiger partial charge in [0.2, 0.25) is 0 Å². The van der Waals surface area contributed by atoms with Crippen molar-refractivity contribution in [1.29, 1.82) is 0 Å². The van der Waals surface area contributed by atoms with Gasteiger partial charge in [-0.2, -0.15) is 0 Å². The first-order valence-electron chi connectivity index (χ1n) is 9.11. The van der Waals surface area contributed by atoms with E-state index >= 15 is 0 Å². The molecule has 1 fully saturated rings. The van der Waals surface area contributed by atoms with Crippen LogP contribution in [0.3, 0.4) is 0 Å². The van der Waals surface area contributed by atoms with Gasteiger partial charge in [-0.05, 0) is 56.5 Å². The molecule has 1 amide bonds. The zero-order chi connectivity index (χ0) is 19.6. The summed E-state index contributed by atoms with van der Waals surface area (Å²) in [6, 6.07) is 9.10. The smallest absolute Gasteiger partial charge is 0.255 e. The molecule has 1 aliphatic heterocycles. The number of aryl methyl sites for hydroxylation is 1. The summed E-state index contributed by atoms with van der Waals surface area (Å²) in [6.45, 7) is 6.58. The number of carbonyl (C=O) groups is 1. The number of aromatic nitrogens is 1. The van der Waals surface area contributed by atoms with E-state index in [9.17, 15) is 13.2 Å². The van der Waals surface area contributed by atoms with E-state index in [1.165, 1.54) is 0 Å². The third-order valence-corrected chi connectivity index (χ3v) is 6.90. The van der Waals surface area contributed by atoms with Gasteiger partial charge in [0, 0.05) is 30.0 Å². The van der Waals surface area contributed by atoms with Gasteiger partial charge in [-0.3, -0.25) is 4.79 Å². The summed E-state index contributed by atoms with van der Waals surface area (Å²) in [7, 11) is -2.98. The third kappa shape index (κ3) is 4.30. The Hall–Kier alpha value is -2.41. The van der Waals surface area contributed by atoms with Crippen LogP contribution in [0.25, 0.3) is 0 Å². The molecule has 0 aliphatic carbocycles. The minimum Gasteiger partial charge on any atom is -0.353 e. The lowest BCUT2D eigenvalue weighted by Crippen LogP contribution is -2.36. The predicted molar refractivity (Wildman–Crippen MR) is 108 cm³/mol. The van der Waals surface area contributed by atoms with Crippen LogP contribution in [0.5, 0.6) is 0 Å². The fourth-order valence-electron chi connectivity index (χ4n) is 3.43. The molecule has 1 atom stereocenters. The number of amides is 1. The molecular weight excluding hydrogens is 362 g/mol. The molecule has 1 aromatic heterocycles. The van der Waals surface area contributed by atoms with E-state index in [0.29, 0.717) is 24.3 Å². The topological polar surface area (TPSA) is 79.4 Å². The molecule has 1 unspecified atom stereocenters. The maximum Gasteiger partial charge on any atom is 0.255 e. The molecule has 0 saturated carbocycles. The number of anilines is 2. The fraction of sp³-hybridized carbons (Fsp3) is 0.400. The lowest BCUT2D eigenvalue weighted by Gasteiger charge is -2.28. The molecule has 3 rings (SSSR count). The lowest BCUT2D eigenvalue weighted by atomic mass is 10.1. The van der Waals surface area contributed by atoms with Crippen molar-refractivity contribution in [2.45, 2.75) is 33.2 Å². The summed E-state index contributed by atoms with van der Waals surface area (Å²) in [4.78, 5) is 19.1. The SMILES string of the molecule is CCN(c1cc(C(=O)Nc2cccc(C)c2C)ccn1)C1CCS(=O)(=O)C1. The second-order valence-electron chi connectivity index (χ2n) is 6.95. The van der Waals surface area contributed by atoms with Crippen LogP contribution in [0.15, 0.2) is 36.5 Å². The fourth-order valence-corrected chi connectivity index (χ4v) is 5.16. The summed E-state index contributed by atoms with van der Waals surface area (Å²) in [5, 5.41) is 2.95. The first kappa shape index (κ1) is 19.4. The molecular formula is C20H25N3O3S.